The minimum atomic E-state index is -2.30. The van der Waals surface area contributed by atoms with Gasteiger partial charge in [0.2, 0.25) is 0 Å². The maximum Gasteiger partial charge on any atom is 0.303 e. The molecule has 1 saturated heterocycles. The Bertz CT molecular complexity index is 1430. The van der Waals surface area contributed by atoms with Gasteiger partial charge in [-0.2, -0.15) is 0 Å². The first-order valence-corrected chi connectivity index (χ1v) is 17.0. The number of rotatable bonds is 9. The summed E-state index contributed by atoms with van der Waals surface area (Å²) in [6.45, 7) is 21.1. The molecule has 3 aliphatic rings. The van der Waals surface area contributed by atoms with Crippen LogP contribution in [-0.4, -0.2) is 102 Å². The van der Waals surface area contributed by atoms with E-state index in [0.717, 1.165) is 34.6 Å². The molecule has 2 saturated carbocycles. The van der Waals surface area contributed by atoms with Gasteiger partial charge in [-0.1, -0.05) is 41.2 Å². The molecule has 3 rings (SSSR count). The molecule has 286 valence electrons. The molecule has 15 heteroatoms. The van der Waals surface area contributed by atoms with Gasteiger partial charge < -0.3 is 37.9 Å². The van der Waals surface area contributed by atoms with Crippen LogP contribution in [0.5, 0.6) is 0 Å². The van der Waals surface area contributed by atoms with Gasteiger partial charge >= 0.3 is 35.8 Å². The molecule has 0 bridgehead atoms. The fraction of sp³-hybridized carbons (Fsp3) is 0.750. The van der Waals surface area contributed by atoms with Crippen LogP contribution in [0.4, 0.5) is 0 Å². The highest BCUT2D eigenvalue weighted by Gasteiger charge is 2.74. The number of carbonyl (C=O) groups is 7. The SMILES string of the molecule is C=C1[C@H](OC(C)=O)[C@H](OCC(C)C)[C@@H](OC(C)=O)C(C)(C)[C@@H]2O[C@H]2[C@@H](C)C(=O)[C@@]2(OC(C)=O)C[C@@](C)(OC(C)=O)[C@H](OC(C)=O)[C@@H]2[C@H]1OC(C)=O. The lowest BCUT2D eigenvalue weighted by atomic mass is 9.69. The fourth-order valence-electron chi connectivity index (χ4n) is 7.74. The van der Waals surface area contributed by atoms with E-state index < -0.39 is 119 Å². The minimum absolute atomic E-state index is 0.0743. The Balaban J connectivity index is 2.54. The lowest BCUT2D eigenvalue weighted by molar-refractivity contribution is -0.196. The lowest BCUT2D eigenvalue weighted by Gasteiger charge is -2.45. The first-order valence-electron chi connectivity index (χ1n) is 17.0. The van der Waals surface area contributed by atoms with Crippen LogP contribution in [0.2, 0.25) is 0 Å². The summed E-state index contributed by atoms with van der Waals surface area (Å²) in [5.41, 5.74) is -5.47. The van der Waals surface area contributed by atoms with Gasteiger partial charge in [-0.15, -0.1) is 0 Å². The molecule has 0 spiro atoms. The lowest BCUT2D eigenvalue weighted by Crippen LogP contribution is -2.60. The zero-order chi connectivity index (χ0) is 39.0. The molecule has 0 aromatic carbocycles. The predicted octanol–water partition coefficient (Wildman–Crippen LogP) is 2.97. The number of esters is 6. The van der Waals surface area contributed by atoms with Crippen LogP contribution in [0.1, 0.15) is 89.5 Å². The standard InChI is InChI=1S/C36H52O15/c1-16(2)14-44-29-27(46-20(6)38)17(3)26(45-19(5)37)25-31(47-21(7)39)35(13,50-23(9)41)15-36(25,51-24(10)42)30(43)18(4)28-32(49-28)34(11,12)33(29)48-22(8)40/h16,18,25-29,31-33H,3,14-15H2,1-2,4-13H3/t18-,25+,26+,27+,28+,29+,31-,32-,33-,35-,36-/m1/s1. The second-order valence-corrected chi connectivity index (χ2v) is 15.0. The minimum Gasteiger partial charge on any atom is -0.459 e. The number of ketones is 1. The van der Waals surface area contributed by atoms with Gasteiger partial charge in [-0.05, 0) is 12.8 Å². The average molecular weight is 725 g/mol. The third-order valence-corrected chi connectivity index (χ3v) is 9.55. The highest BCUT2D eigenvalue weighted by Crippen LogP contribution is 2.56. The summed E-state index contributed by atoms with van der Waals surface area (Å²) < 4.78 is 47.9. The Morgan fingerprint density at radius 1 is 0.765 bits per heavy atom. The largest absolute Gasteiger partial charge is 0.459 e. The van der Waals surface area contributed by atoms with Crippen LogP contribution in [0, 0.1) is 23.2 Å². The van der Waals surface area contributed by atoms with Crippen molar-refractivity contribution in [3.63, 3.8) is 0 Å². The highest BCUT2D eigenvalue weighted by molar-refractivity contribution is 5.93. The predicted molar refractivity (Wildman–Crippen MR) is 175 cm³/mol. The normalized spacial score (nSPS) is 35.9. The molecule has 0 N–H and O–H groups in total. The van der Waals surface area contributed by atoms with E-state index in [1.807, 2.05) is 13.8 Å². The van der Waals surface area contributed by atoms with Gasteiger partial charge in [-0.25, -0.2) is 0 Å². The van der Waals surface area contributed by atoms with E-state index in [0.29, 0.717) is 0 Å². The molecular formula is C36H52O15. The van der Waals surface area contributed by atoms with E-state index >= 15 is 4.79 Å². The van der Waals surface area contributed by atoms with E-state index in [-0.39, 0.29) is 18.1 Å². The summed E-state index contributed by atoms with van der Waals surface area (Å²) in [5, 5.41) is 0. The van der Waals surface area contributed by atoms with Gasteiger partial charge in [0.1, 0.15) is 18.3 Å². The van der Waals surface area contributed by atoms with Gasteiger partial charge in [0, 0.05) is 71.5 Å². The molecule has 11 atom stereocenters. The third kappa shape index (κ3) is 8.79. The monoisotopic (exact) mass is 724 g/mol. The molecule has 2 aliphatic carbocycles. The van der Waals surface area contributed by atoms with Gasteiger partial charge in [0.05, 0.1) is 18.1 Å². The fourth-order valence-corrected chi connectivity index (χ4v) is 7.74. The van der Waals surface area contributed by atoms with E-state index in [1.165, 1.54) is 13.8 Å². The Hall–Kier alpha value is -3.85. The maximum atomic E-state index is 15.0. The van der Waals surface area contributed by atoms with Crippen molar-refractivity contribution in [3.05, 3.63) is 12.2 Å². The molecule has 51 heavy (non-hydrogen) atoms. The van der Waals surface area contributed by atoms with Crippen LogP contribution in [0.3, 0.4) is 0 Å². The van der Waals surface area contributed by atoms with Crippen molar-refractivity contribution in [1.29, 1.82) is 0 Å². The molecule has 15 nitrogen and oxygen atoms in total. The number of Topliss-reactive ketones (excluding diaryl/α,β-unsaturated/α-hetero) is 1. The number of fused-ring (bicyclic) bond motifs is 2. The quantitative estimate of drug-likeness (QED) is 0.146. The Labute approximate surface area is 298 Å². The van der Waals surface area contributed by atoms with E-state index in [2.05, 4.69) is 6.58 Å². The molecule has 0 amide bonds. The van der Waals surface area contributed by atoms with E-state index in [1.54, 1.807) is 20.8 Å². The van der Waals surface area contributed by atoms with Crippen molar-refractivity contribution >= 4 is 41.6 Å². The smallest absolute Gasteiger partial charge is 0.303 e. The summed E-state index contributed by atoms with van der Waals surface area (Å²) in [4.78, 5) is 91.9. The zero-order valence-corrected chi connectivity index (χ0v) is 31.5. The van der Waals surface area contributed by atoms with Crippen LogP contribution < -0.4 is 0 Å². The van der Waals surface area contributed by atoms with Crippen LogP contribution in [0.15, 0.2) is 12.2 Å². The van der Waals surface area contributed by atoms with Gasteiger partial charge in [0.15, 0.2) is 29.2 Å². The zero-order valence-electron chi connectivity index (χ0n) is 31.5. The van der Waals surface area contributed by atoms with Crippen molar-refractivity contribution in [2.75, 3.05) is 6.61 Å². The third-order valence-electron chi connectivity index (χ3n) is 9.55. The van der Waals surface area contributed by atoms with Crippen molar-refractivity contribution in [1.82, 2.24) is 0 Å². The Morgan fingerprint density at radius 2 is 1.25 bits per heavy atom. The highest BCUT2D eigenvalue weighted by atomic mass is 16.6. The van der Waals surface area contributed by atoms with Crippen molar-refractivity contribution in [2.45, 2.75) is 143 Å². The number of hydrogen-bond donors (Lipinski definition) is 0. The topological polar surface area (TPSA) is 197 Å². The summed E-state index contributed by atoms with van der Waals surface area (Å²) in [7, 11) is 0. The van der Waals surface area contributed by atoms with Gasteiger partial charge in [-0.3, -0.25) is 33.6 Å². The number of carbonyl (C=O) groups excluding carboxylic acids is 7. The molecule has 1 heterocycles. The summed E-state index contributed by atoms with van der Waals surface area (Å²) in [5.74, 6) is -8.50. The maximum absolute atomic E-state index is 15.0. The number of ether oxygens (including phenoxy) is 8. The van der Waals surface area contributed by atoms with Gasteiger partial charge in [0.25, 0.3) is 0 Å². The van der Waals surface area contributed by atoms with E-state index in [9.17, 15) is 28.8 Å². The first kappa shape index (κ1) is 41.6. The molecular weight excluding hydrogens is 672 g/mol. The number of epoxide rings is 1. The average Bonchev–Trinajstić information content (AvgIpc) is 3.74. The molecule has 0 radical (unpaired) electrons. The second-order valence-electron chi connectivity index (χ2n) is 15.0. The van der Waals surface area contributed by atoms with Crippen LogP contribution in [0.25, 0.3) is 0 Å². The van der Waals surface area contributed by atoms with E-state index in [4.69, 9.17) is 37.9 Å². The Morgan fingerprint density at radius 3 is 1.73 bits per heavy atom. The number of hydrogen-bond acceptors (Lipinski definition) is 15. The molecule has 0 aromatic heterocycles. The molecule has 0 aromatic rings. The Kier molecular flexibility index (Phi) is 12.6. The van der Waals surface area contributed by atoms with Crippen LogP contribution in [-0.2, 0) is 71.5 Å². The van der Waals surface area contributed by atoms with Crippen molar-refractivity contribution < 1.29 is 71.5 Å². The summed E-state index contributed by atoms with van der Waals surface area (Å²) in [6, 6.07) is 0. The molecule has 1 aliphatic heterocycles. The summed E-state index contributed by atoms with van der Waals surface area (Å²) >= 11 is 0. The first-order chi connectivity index (χ1) is 23.4. The van der Waals surface area contributed by atoms with Crippen molar-refractivity contribution in [3.8, 4) is 0 Å². The summed E-state index contributed by atoms with van der Waals surface area (Å²) in [6.07, 6.45) is -9.55. The van der Waals surface area contributed by atoms with Crippen LogP contribution >= 0.6 is 0 Å². The van der Waals surface area contributed by atoms with Crippen molar-refractivity contribution in [2.24, 2.45) is 23.2 Å². The second kappa shape index (κ2) is 15.4. The molecule has 3 fully saturated rings. The molecule has 0 unspecified atom stereocenters.